The third-order valence-electron chi connectivity index (χ3n) is 5.50. The molecule has 1 aromatic carbocycles. The molecule has 0 amide bonds. The maximum atomic E-state index is 14.2. The standard InChI is InChI=1S/C23H25F2N5O2/c1-2-3-15-13-27-23(28-14-15)29-9-6-16(7-10-29)32-17-8-11-30(20(31)12-17)19-5-4-18(26)21(24)22(19)25/h4-5,8,11-14,16H,2-3,6-7,9-10,26H2,1H3. The largest absolute Gasteiger partial charge is 0.490 e. The summed E-state index contributed by atoms with van der Waals surface area (Å²) in [6, 6.07) is 5.33. The third kappa shape index (κ3) is 4.56. The molecule has 2 N–H and O–H groups in total. The highest BCUT2D eigenvalue weighted by Gasteiger charge is 2.23. The van der Waals surface area contributed by atoms with Crippen molar-refractivity contribution in [2.24, 2.45) is 0 Å². The summed E-state index contributed by atoms with van der Waals surface area (Å²) in [5, 5.41) is 0. The molecule has 0 radical (unpaired) electrons. The number of rotatable bonds is 6. The second-order valence-corrected chi connectivity index (χ2v) is 7.82. The van der Waals surface area contributed by atoms with Gasteiger partial charge in [0.25, 0.3) is 5.56 Å². The van der Waals surface area contributed by atoms with E-state index in [2.05, 4.69) is 21.8 Å². The van der Waals surface area contributed by atoms with Crippen molar-refractivity contribution in [3.8, 4) is 11.4 Å². The van der Waals surface area contributed by atoms with Crippen molar-refractivity contribution in [2.45, 2.75) is 38.7 Å². The second-order valence-electron chi connectivity index (χ2n) is 7.82. The molecule has 4 rings (SSSR count). The van der Waals surface area contributed by atoms with Crippen LogP contribution in [0.4, 0.5) is 20.4 Å². The van der Waals surface area contributed by atoms with Gasteiger partial charge in [-0.3, -0.25) is 9.36 Å². The van der Waals surface area contributed by atoms with Crippen LogP contribution in [0.15, 0.2) is 47.7 Å². The number of anilines is 2. The van der Waals surface area contributed by atoms with Crippen LogP contribution in [0, 0.1) is 11.6 Å². The molecule has 0 aliphatic carbocycles. The first-order valence-electron chi connectivity index (χ1n) is 10.7. The van der Waals surface area contributed by atoms with E-state index in [4.69, 9.17) is 10.5 Å². The summed E-state index contributed by atoms with van der Waals surface area (Å²) in [7, 11) is 0. The summed E-state index contributed by atoms with van der Waals surface area (Å²) in [5.41, 5.74) is 5.46. The number of nitrogens with two attached hydrogens (primary N) is 1. The zero-order valence-electron chi connectivity index (χ0n) is 17.8. The fourth-order valence-corrected chi connectivity index (χ4v) is 3.77. The molecular weight excluding hydrogens is 416 g/mol. The van der Waals surface area contributed by atoms with Crippen LogP contribution in [0.5, 0.6) is 5.75 Å². The molecule has 3 aromatic rings. The number of hydrogen-bond acceptors (Lipinski definition) is 6. The molecule has 1 fully saturated rings. The van der Waals surface area contributed by atoms with Gasteiger partial charge < -0.3 is 15.4 Å². The summed E-state index contributed by atoms with van der Waals surface area (Å²) in [6.07, 6.45) is 8.58. The Balaban J connectivity index is 1.39. The minimum atomic E-state index is -1.18. The Morgan fingerprint density at radius 1 is 1.12 bits per heavy atom. The lowest BCUT2D eigenvalue weighted by molar-refractivity contribution is 0.170. The Morgan fingerprint density at radius 3 is 2.50 bits per heavy atom. The minimum absolute atomic E-state index is 0.0634. The van der Waals surface area contributed by atoms with E-state index >= 15 is 0 Å². The maximum Gasteiger partial charge on any atom is 0.258 e. The molecule has 9 heteroatoms. The van der Waals surface area contributed by atoms with Crippen LogP contribution in [0.2, 0.25) is 0 Å². The number of pyridine rings is 1. The molecule has 1 aliphatic heterocycles. The monoisotopic (exact) mass is 441 g/mol. The summed E-state index contributed by atoms with van der Waals surface area (Å²) < 4.78 is 34.9. The van der Waals surface area contributed by atoms with E-state index in [1.54, 1.807) is 6.07 Å². The average Bonchev–Trinajstić information content (AvgIpc) is 2.80. The van der Waals surface area contributed by atoms with Gasteiger partial charge in [0.05, 0.1) is 11.4 Å². The predicted molar refractivity (Wildman–Crippen MR) is 118 cm³/mol. The van der Waals surface area contributed by atoms with Crippen molar-refractivity contribution in [1.82, 2.24) is 14.5 Å². The van der Waals surface area contributed by atoms with E-state index in [1.807, 2.05) is 12.4 Å². The van der Waals surface area contributed by atoms with E-state index in [9.17, 15) is 13.6 Å². The number of piperidine rings is 1. The van der Waals surface area contributed by atoms with Gasteiger partial charge in [-0.15, -0.1) is 0 Å². The van der Waals surface area contributed by atoms with Gasteiger partial charge in [0.1, 0.15) is 11.9 Å². The molecule has 168 valence electrons. The van der Waals surface area contributed by atoms with Gasteiger partial charge in [-0.05, 0) is 30.2 Å². The van der Waals surface area contributed by atoms with Crippen molar-refractivity contribution in [1.29, 1.82) is 0 Å². The number of aromatic nitrogens is 3. The number of benzene rings is 1. The van der Waals surface area contributed by atoms with E-state index < -0.39 is 17.2 Å². The average molecular weight is 441 g/mol. The molecule has 0 spiro atoms. The Morgan fingerprint density at radius 2 is 1.84 bits per heavy atom. The number of ether oxygens (including phenoxy) is 1. The Hall–Kier alpha value is -3.49. The molecular formula is C23H25F2N5O2. The van der Waals surface area contributed by atoms with E-state index in [0.717, 1.165) is 48.9 Å². The van der Waals surface area contributed by atoms with Crippen molar-refractivity contribution in [3.63, 3.8) is 0 Å². The lowest BCUT2D eigenvalue weighted by atomic mass is 10.1. The lowest BCUT2D eigenvalue weighted by Crippen LogP contribution is -2.39. The van der Waals surface area contributed by atoms with Gasteiger partial charge in [0.15, 0.2) is 11.6 Å². The zero-order chi connectivity index (χ0) is 22.7. The summed E-state index contributed by atoms with van der Waals surface area (Å²) in [6.45, 7) is 3.60. The SMILES string of the molecule is CCCc1cnc(N2CCC(Oc3ccn(-c4ccc(N)c(F)c4F)c(=O)c3)CC2)nc1. The van der Waals surface area contributed by atoms with Crippen LogP contribution in [-0.2, 0) is 6.42 Å². The first kappa shape index (κ1) is 21.7. The molecule has 3 heterocycles. The second kappa shape index (κ2) is 9.33. The predicted octanol–water partition coefficient (Wildman–Crippen LogP) is 3.49. The highest BCUT2D eigenvalue weighted by Crippen LogP contribution is 2.23. The Labute approximate surface area is 184 Å². The van der Waals surface area contributed by atoms with Gasteiger partial charge in [-0.25, -0.2) is 18.7 Å². The molecule has 32 heavy (non-hydrogen) atoms. The normalized spacial score (nSPS) is 14.5. The van der Waals surface area contributed by atoms with Crippen LogP contribution in [0.3, 0.4) is 0 Å². The van der Waals surface area contributed by atoms with Crippen molar-refractivity contribution < 1.29 is 13.5 Å². The molecule has 1 aliphatic rings. The third-order valence-corrected chi connectivity index (χ3v) is 5.50. The van der Waals surface area contributed by atoms with Crippen LogP contribution in [-0.4, -0.2) is 33.7 Å². The van der Waals surface area contributed by atoms with Crippen molar-refractivity contribution >= 4 is 11.6 Å². The highest BCUT2D eigenvalue weighted by atomic mass is 19.2. The maximum absolute atomic E-state index is 14.2. The van der Waals surface area contributed by atoms with Crippen LogP contribution in [0.1, 0.15) is 31.7 Å². The Bertz CT molecular complexity index is 1140. The molecule has 2 aromatic heterocycles. The van der Waals surface area contributed by atoms with Crippen LogP contribution >= 0.6 is 0 Å². The lowest BCUT2D eigenvalue weighted by Gasteiger charge is -2.32. The topological polar surface area (TPSA) is 86.3 Å². The Kier molecular flexibility index (Phi) is 6.34. The molecule has 0 saturated carbocycles. The molecule has 0 atom stereocenters. The number of aryl methyl sites for hydroxylation is 1. The fraction of sp³-hybridized carbons (Fsp3) is 0.348. The van der Waals surface area contributed by atoms with E-state index in [1.165, 1.54) is 24.4 Å². The van der Waals surface area contributed by atoms with E-state index in [0.29, 0.717) is 11.7 Å². The van der Waals surface area contributed by atoms with Gasteiger partial charge in [-0.2, -0.15) is 0 Å². The van der Waals surface area contributed by atoms with Gasteiger partial charge in [-0.1, -0.05) is 13.3 Å². The van der Waals surface area contributed by atoms with Crippen molar-refractivity contribution in [2.75, 3.05) is 23.7 Å². The van der Waals surface area contributed by atoms with E-state index in [-0.39, 0.29) is 17.5 Å². The highest BCUT2D eigenvalue weighted by molar-refractivity contribution is 5.48. The first-order valence-corrected chi connectivity index (χ1v) is 10.7. The first-order chi connectivity index (χ1) is 15.5. The van der Waals surface area contributed by atoms with Crippen LogP contribution < -0.4 is 20.9 Å². The molecule has 0 unspecified atom stereocenters. The summed E-state index contributed by atoms with van der Waals surface area (Å²) >= 11 is 0. The van der Waals surface area contributed by atoms with Gasteiger partial charge >= 0.3 is 0 Å². The zero-order valence-corrected chi connectivity index (χ0v) is 17.8. The summed E-state index contributed by atoms with van der Waals surface area (Å²) in [5.74, 6) is -1.24. The molecule has 0 bridgehead atoms. The fourth-order valence-electron chi connectivity index (χ4n) is 3.77. The van der Waals surface area contributed by atoms with Gasteiger partial charge in [0, 0.05) is 50.6 Å². The number of hydrogen-bond donors (Lipinski definition) is 1. The smallest absolute Gasteiger partial charge is 0.258 e. The number of halogens is 2. The summed E-state index contributed by atoms with van der Waals surface area (Å²) in [4.78, 5) is 23.5. The quantitative estimate of drug-likeness (QED) is 0.590. The number of nitrogens with zero attached hydrogens (tertiary/aromatic N) is 4. The van der Waals surface area contributed by atoms with Crippen molar-refractivity contribution in [3.05, 3.63) is 70.4 Å². The molecule has 1 saturated heterocycles. The minimum Gasteiger partial charge on any atom is -0.490 e. The van der Waals surface area contributed by atoms with Crippen LogP contribution in [0.25, 0.3) is 5.69 Å². The number of nitrogen functional groups attached to an aromatic ring is 1. The molecule has 7 nitrogen and oxygen atoms in total. The van der Waals surface area contributed by atoms with Gasteiger partial charge in [0.2, 0.25) is 5.95 Å².